The first-order valence-corrected chi connectivity index (χ1v) is 16.1. The summed E-state index contributed by atoms with van der Waals surface area (Å²) in [6.07, 6.45) is -3.94. The molecule has 1 amide bonds. The zero-order valence-corrected chi connectivity index (χ0v) is 27.0. The highest BCUT2D eigenvalue weighted by molar-refractivity contribution is 7.92. The summed E-state index contributed by atoms with van der Waals surface area (Å²) in [5, 5.41) is 19.9. The van der Waals surface area contributed by atoms with Gasteiger partial charge >= 0.3 is 18.1 Å². The monoisotopic (exact) mass is 703 g/mol. The number of carbonyl (C=O) groups excluding carboxylic acids is 1. The van der Waals surface area contributed by atoms with Gasteiger partial charge in [-0.25, -0.2) is 13.2 Å². The summed E-state index contributed by atoms with van der Waals surface area (Å²) in [6, 6.07) is 18.3. The Morgan fingerprint density at radius 3 is 1.78 bits per heavy atom. The second-order valence-corrected chi connectivity index (χ2v) is 13.3. The van der Waals surface area contributed by atoms with Crippen LogP contribution in [0.1, 0.15) is 40.0 Å². The maximum Gasteiger partial charge on any atom is 0.490 e. The van der Waals surface area contributed by atoms with Crippen LogP contribution in [0, 0.1) is 6.92 Å². The number of hydrogen-bond acceptors (Lipinski definition) is 6. The lowest BCUT2D eigenvalue weighted by atomic mass is 9.93. The van der Waals surface area contributed by atoms with Crippen molar-refractivity contribution in [3.05, 3.63) is 99.0 Å². The number of carboxylic acid groups (broad SMARTS) is 2. The minimum atomic E-state index is -5.08. The molecule has 0 spiro atoms. The van der Waals surface area contributed by atoms with Crippen LogP contribution in [0.25, 0.3) is 0 Å². The number of rotatable bonds is 9. The molecular weight excluding hydrogens is 674 g/mol. The maximum atomic E-state index is 13.0. The van der Waals surface area contributed by atoms with Crippen LogP contribution in [0.2, 0.25) is 10.0 Å². The topological polar surface area (TPSA) is 144 Å². The van der Waals surface area contributed by atoms with Crippen molar-refractivity contribution in [3.63, 3.8) is 0 Å². The van der Waals surface area contributed by atoms with Crippen LogP contribution >= 0.6 is 23.2 Å². The van der Waals surface area contributed by atoms with Crippen molar-refractivity contribution in [2.24, 2.45) is 0 Å². The molecule has 1 atom stereocenters. The average Bonchev–Trinajstić information content (AvgIpc) is 2.92. The fraction of sp³-hybridized carbons (Fsp3) is 0.300. The quantitative estimate of drug-likeness (QED) is 0.270. The van der Waals surface area contributed by atoms with E-state index < -0.39 is 40.1 Å². The number of sulfonamides is 1. The van der Waals surface area contributed by atoms with Crippen molar-refractivity contribution in [1.82, 2.24) is 10.2 Å². The highest BCUT2D eigenvalue weighted by Crippen LogP contribution is 2.37. The van der Waals surface area contributed by atoms with Gasteiger partial charge in [0.15, 0.2) is 0 Å². The molecule has 248 valence electrons. The number of carbonyl (C=O) groups is 3. The summed E-state index contributed by atoms with van der Waals surface area (Å²) < 4.78 is 59.1. The van der Waals surface area contributed by atoms with Crippen LogP contribution < -0.4 is 9.62 Å². The predicted octanol–water partition coefficient (Wildman–Crippen LogP) is 5.38. The molecule has 1 fully saturated rings. The Morgan fingerprint density at radius 2 is 1.39 bits per heavy atom. The van der Waals surface area contributed by atoms with Crippen LogP contribution in [0.5, 0.6) is 0 Å². The second-order valence-electron chi connectivity index (χ2n) is 10.6. The Hall–Kier alpha value is -3.85. The number of amides is 1. The van der Waals surface area contributed by atoms with Gasteiger partial charge in [-0.2, -0.15) is 13.2 Å². The summed E-state index contributed by atoms with van der Waals surface area (Å²) in [6.45, 7) is 4.00. The van der Waals surface area contributed by atoms with Crippen molar-refractivity contribution >= 4 is 56.8 Å². The second kappa shape index (κ2) is 14.7. The van der Waals surface area contributed by atoms with Gasteiger partial charge in [-0.1, -0.05) is 47.5 Å². The summed E-state index contributed by atoms with van der Waals surface area (Å²) >= 11 is 12.2. The molecule has 10 nitrogen and oxygen atoms in total. The minimum absolute atomic E-state index is 0.145. The third kappa shape index (κ3) is 9.58. The van der Waals surface area contributed by atoms with Crippen LogP contribution in [-0.4, -0.2) is 79.0 Å². The predicted molar refractivity (Wildman–Crippen MR) is 167 cm³/mol. The van der Waals surface area contributed by atoms with Gasteiger partial charge in [0.25, 0.3) is 5.91 Å². The van der Waals surface area contributed by atoms with E-state index in [9.17, 15) is 31.2 Å². The molecule has 0 aromatic heterocycles. The van der Waals surface area contributed by atoms with Crippen molar-refractivity contribution in [3.8, 4) is 0 Å². The number of nitrogens with one attached hydrogen (secondary N) is 1. The molecule has 46 heavy (non-hydrogen) atoms. The molecule has 3 aromatic rings. The Bertz CT molecular complexity index is 1640. The number of carboxylic acids is 2. The van der Waals surface area contributed by atoms with Gasteiger partial charge in [-0.3, -0.25) is 18.8 Å². The molecule has 1 saturated heterocycles. The number of benzene rings is 3. The minimum Gasteiger partial charge on any atom is -0.480 e. The lowest BCUT2D eigenvalue weighted by Crippen LogP contribution is -2.61. The maximum absolute atomic E-state index is 13.0. The molecule has 0 aliphatic carbocycles. The molecule has 1 aliphatic rings. The smallest absolute Gasteiger partial charge is 0.480 e. The van der Waals surface area contributed by atoms with E-state index in [-0.39, 0.29) is 17.6 Å². The number of halogens is 5. The van der Waals surface area contributed by atoms with E-state index in [1.807, 2.05) is 48.5 Å². The number of hydrogen-bond donors (Lipinski definition) is 3. The molecule has 0 bridgehead atoms. The lowest BCUT2D eigenvalue weighted by molar-refractivity contribution is -0.192. The number of likely N-dealkylation sites (tertiary alicyclic amines) is 1. The Labute approximate surface area is 273 Å². The largest absolute Gasteiger partial charge is 0.490 e. The van der Waals surface area contributed by atoms with Crippen LogP contribution in [0.4, 0.5) is 18.9 Å². The summed E-state index contributed by atoms with van der Waals surface area (Å²) in [5.74, 6) is -4.52. The normalized spacial score (nSPS) is 14.5. The van der Waals surface area contributed by atoms with Gasteiger partial charge in [0, 0.05) is 28.7 Å². The van der Waals surface area contributed by atoms with Crippen molar-refractivity contribution < 1.29 is 46.2 Å². The van der Waals surface area contributed by atoms with Gasteiger partial charge in [0.1, 0.15) is 6.04 Å². The molecule has 16 heteroatoms. The van der Waals surface area contributed by atoms with Crippen LogP contribution in [0.3, 0.4) is 0 Å². The van der Waals surface area contributed by atoms with E-state index in [4.69, 9.17) is 38.2 Å². The number of aryl methyl sites for hydroxylation is 1. The zero-order chi connectivity index (χ0) is 34.6. The summed E-state index contributed by atoms with van der Waals surface area (Å²) in [5.41, 5.74) is 3.22. The highest BCUT2D eigenvalue weighted by atomic mass is 35.5. The van der Waals surface area contributed by atoms with E-state index in [0.29, 0.717) is 34.4 Å². The fourth-order valence-corrected chi connectivity index (χ4v) is 6.20. The number of nitrogens with zero attached hydrogens (tertiary/aromatic N) is 2. The molecule has 3 aromatic carbocycles. The third-order valence-corrected chi connectivity index (χ3v) is 8.58. The summed E-state index contributed by atoms with van der Waals surface area (Å²) in [7, 11) is -3.72. The first-order valence-electron chi connectivity index (χ1n) is 13.5. The van der Waals surface area contributed by atoms with Crippen molar-refractivity contribution in [1.29, 1.82) is 0 Å². The van der Waals surface area contributed by atoms with Crippen LogP contribution in [-0.2, 0) is 19.6 Å². The summed E-state index contributed by atoms with van der Waals surface area (Å²) in [4.78, 5) is 35.0. The third-order valence-electron chi connectivity index (χ3n) is 6.86. The van der Waals surface area contributed by atoms with Gasteiger partial charge < -0.3 is 15.5 Å². The Balaban J connectivity index is 0.000000738. The SMILES string of the molecule is Cc1cc(C(=O)N[C@@H](C)C(=O)O)cc(N(C2CN(C(c3ccc(Cl)cc3)c3ccc(Cl)cc3)C2)S(C)(=O)=O)c1.O=C(O)C(F)(F)F. The molecular formula is C30H30Cl2F3N3O7S. The number of aliphatic carboxylic acids is 2. The van der Waals surface area contributed by atoms with Gasteiger partial charge in [0.2, 0.25) is 10.0 Å². The molecule has 0 saturated carbocycles. The number of alkyl halides is 3. The van der Waals surface area contributed by atoms with Gasteiger partial charge in [-0.15, -0.1) is 0 Å². The molecule has 3 N–H and O–H groups in total. The molecule has 1 aliphatic heterocycles. The van der Waals surface area contributed by atoms with E-state index in [0.717, 1.165) is 17.4 Å². The Morgan fingerprint density at radius 1 is 0.935 bits per heavy atom. The molecule has 0 unspecified atom stereocenters. The van der Waals surface area contributed by atoms with Gasteiger partial charge in [-0.05, 0) is 73.0 Å². The first kappa shape index (κ1) is 36.6. The highest BCUT2D eigenvalue weighted by Gasteiger charge is 2.41. The molecule has 1 heterocycles. The van der Waals surface area contributed by atoms with E-state index >= 15 is 0 Å². The fourth-order valence-electron chi connectivity index (χ4n) is 4.79. The average molecular weight is 705 g/mol. The van der Waals surface area contributed by atoms with Crippen molar-refractivity contribution in [2.45, 2.75) is 38.1 Å². The number of anilines is 1. The first-order chi connectivity index (χ1) is 21.3. The lowest BCUT2D eigenvalue weighted by Gasteiger charge is -2.49. The standard InChI is InChI=1S/C28H29Cl2N3O5S.C2HF3O2/c1-17-12-21(27(34)31-18(2)28(35)36)14-24(13-17)33(39(3,37)38)25-15-32(16-25)26(19-4-8-22(29)9-5-19)20-6-10-23(30)11-7-20;3-2(4,5)1(6)7/h4-14,18,25-26H,15-16H2,1-3H3,(H,31,34)(H,35,36);(H,6,7)/t18-;/m0./s1. The van der Waals surface area contributed by atoms with Crippen molar-refractivity contribution in [2.75, 3.05) is 23.7 Å². The van der Waals surface area contributed by atoms with Gasteiger partial charge in [0.05, 0.1) is 24.0 Å². The molecule has 4 rings (SSSR count). The van der Waals surface area contributed by atoms with Crippen LogP contribution in [0.15, 0.2) is 66.7 Å². The zero-order valence-electron chi connectivity index (χ0n) is 24.6. The Kier molecular flexibility index (Phi) is 11.7. The van der Waals surface area contributed by atoms with E-state index in [1.165, 1.54) is 17.3 Å². The van der Waals surface area contributed by atoms with E-state index in [2.05, 4.69) is 10.2 Å². The van der Waals surface area contributed by atoms with E-state index in [1.54, 1.807) is 19.1 Å². The molecule has 0 radical (unpaired) electrons.